The van der Waals surface area contributed by atoms with Crippen molar-refractivity contribution in [1.82, 2.24) is 5.43 Å². The number of anilines is 2. The number of hydrogen-bond donors (Lipinski definition) is 2. The molecular weight excluding hydrogens is 512 g/mol. The molecule has 0 saturated heterocycles. The number of benzene rings is 3. The average molecular weight is 541 g/mol. The van der Waals surface area contributed by atoms with Gasteiger partial charge in [-0.3, -0.25) is 13.9 Å². The van der Waals surface area contributed by atoms with Gasteiger partial charge in [0.05, 0.1) is 38.1 Å². The summed E-state index contributed by atoms with van der Waals surface area (Å²) in [5, 5.41) is 6.61. The Morgan fingerprint density at radius 2 is 1.66 bits per heavy atom. The Kier molecular flexibility index (Phi) is 9.66. The van der Waals surface area contributed by atoms with E-state index < -0.39 is 22.5 Å². The summed E-state index contributed by atoms with van der Waals surface area (Å²) < 4.78 is 41.3. The lowest BCUT2D eigenvalue weighted by atomic mass is 10.2. The smallest absolute Gasteiger partial charge is 0.262 e. The van der Waals surface area contributed by atoms with Crippen LogP contribution in [-0.4, -0.2) is 60.1 Å². The van der Waals surface area contributed by atoms with Crippen molar-refractivity contribution in [3.63, 3.8) is 0 Å². The van der Waals surface area contributed by atoms with Gasteiger partial charge in [0, 0.05) is 6.07 Å². The Bertz CT molecular complexity index is 1390. The Morgan fingerprint density at radius 3 is 2.34 bits per heavy atom. The molecule has 12 heteroatoms. The molecule has 0 heterocycles. The summed E-state index contributed by atoms with van der Waals surface area (Å²) in [7, 11) is -0.756. The molecule has 200 valence electrons. The number of amides is 2. The summed E-state index contributed by atoms with van der Waals surface area (Å²) in [6.45, 7) is -0.668. The van der Waals surface area contributed by atoms with E-state index >= 15 is 0 Å². The summed E-state index contributed by atoms with van der Waals surface area (Å²) in [5.74, 6) is 0.485. The number of methoxy groups -OCH3 is 2. The minimum atomic E-state index is -3.74. The molecule has 0 aromatic heterocycles. The molecule has 0 fully saturated rings. The quantitative estimate of drug-likeness (QED) is 0.266. The summed E-state index contributed by atoms with van der Waals surface area (Å²) in [6, 6.07) is 20.1. The van der Waals surface area contributed by atoms with Crippen LogP contribution >= 0.6 is 0 Å². The zero-order valence-electron chi connectivity index (χ0n) is 21.1. The van der Waals surface area contributed by atoms with Crippen LogP contribution in [0, 0.1) is 0 Å². The number of nitrogens with zero attached hydrogens (tertiary/aromatic N) is 2. The van der Waals surface area contributed by atoms with Crippen LogP contribution in [0.5, 0.6) is 17.2 Å². The molecule has 0 aliphatic carbocycles. The van der Waals surface area contributed by atoms with Crippen molar-refractivity contribution in [1.29, 1.82) is 0 Å². The summed E-state index contributed by atoms with van der Waals surface area (Å²) in [4.78, 5) is 24.6. The average Bonchev–Trinajstić information content (AvgIpc) is 2.91. The van der Waals surface area contributed by atoms with Gasteiger partial charge < -0.3 is 19.5 Å². The third-order valence-electron chi connectivity index (χ3n) is 5.06. The maximum Gasteiger partial charge on any atom is 0.262 e. The second-order valence-corrected chi connectivity index (χ2v) is 9.78. The van der Waals surface area contributed by atoms with E-state index in [0.717, 1.165) is 10.6 Å². The van der Waals surface area contributed by atoms with Crippen molar-refractivity contribution in [2.24, 2.45) is 5.10 Å². The minimum Gasteiger partial charge on any atom is -0.497 e. The molecule has 0 spiro atoms. The number of nitrogens with one attached hydrogen (secondary N) is 2. The molecule has 3 aromatic carbocycles. The van der Waals surface area contributed by atoms with Gasteiger partial charge in [-0.15, -0.1) is 0 Å². The number of para-hydroxylation sites is 2. The molecule has 2 N–H and O–H groups in total. The van der Waals surface area contributed by atoms with Crippen LogP contribution in [0.25, 0.3) is 0 Å². The van der Waals surface area contributed by atoms with E-state index in [1.807, 2.05) is 0 Å². The van der Waals surface area contributed by atoms with Gasteiger partial charge in [0.1, 0.15) is 23.8 Å². The molecule has 0 aliphatic heterocycles. The molecule has 38 heavy (non-hydrogen) atoms. The maximum absolute atomic E-state index is 12.4. The Hall–Kier alpha value is -4.58. The number of hydrazone groups is 1. The lowest BCUT2D eigenvalue weighted by Crippen LogP contribution is -2.39. The van der Waals surface area contributed by atoms with Crippen LogP contribution in [0.1, 0.15) is 5.56 Å². The highest BCUT2D eigenvalue weighted by molar-refractivity contribution is 7.92. The molecule has 3 aromatic rings. The first kappa shape index (κ1) is 28.0. The molecule has 0 aliphatic rings. The first-order valence-corrected chi connectivity index (χ1v) is 13.1. The number of carbonyl (C=O) groups excluding carboxylic acids is 2. The summed E-state index contributed by atoms with van der Waals surface area (Å²) >= 11 is 0. The Balaban J connectivity index is 1.51. The lowest BCUT2D eigenvalue weighted by Gasteiger charge is -2.21. The van der Waals surface area contributed by atoms with E-state index in [2.05, 4.69) is 15.8 Å². The fraction of sp³-hybridized carbons (Fsp3) is 0.192. The molecule has 11 nitrogen and oxygen atoms in total. The fourth-order valence-electron chi connectivity index (χ4n) is 3.24. The zero-order valence-corrected chi connectivity index (χ0v) is 21.9. The Labute approximate surface area is 221 Å². The SMILES string of the molecule is COc1cccc(N(CC(=O)N/N=C\c2ccc(OCC(=O)Nc3ccccc3OC)cc2)S(C)(=O)=O)c1. The molecular formula is C26H28N4O7S. The van der Waals surface area contributed by atoms with Crippen molar-refractivity contribution < 1.29 is 32.2 Å². The van der Waals surface area contributed by atoms with Crippen LogP contribution in [-0.2, 0) is 19.6 Å². The number of rotatable bonds is 12. The van der Waals surface area contributed by atoms with Crippen LogP contribution in [0.3, 0.4) is 0 Å². The van der Waals surface area contributed by atoms with Crippen LogP contribution in [0.4, 0.5) is 11.4 Å². The molecule has 0 atom stereocenters. The second kappa shape index (κ2) is 13.1. The third-order valence-corrected chi connectivity index (χ3v) is 6.20. The highest BCUT2D eigenvalue weighted by atomic mass is 32.2. The van der Waals surface area contributed by atoms with Crippen molar-refractivity contribution in [2.45, 2.75) is 0 Å². The molecule has 0 bridgehead atoms. The number of carbonyl (C=O) groups is 2. The monoisotopic (exact) mass is 540 g/mol. The van der Waals surface area contributed by atoms with E-state index in [0.29, 0.717) is 28.5 Å². The summed E-state index contributed by atoms with van der Waals surface area (Å²) in [5.41, 5.74) is 3.79. The zero-order chi connectivity index (χ0) is 27.5. The highest BCUT2D eigenvalue weighted by Gasteiger charge is 2.21. The van der Waals surface area contributed by atoms with E-state index in [1.165, 1.54) is 26.5 Å². The first-order valence-electron chi connectivity index (χ1n) is 11.3. The van der Waals surface area contributed by atoms with Crippen molar-refractivity contribution >= 4 is 39.4 Å². The normalized spacial score (nSPS) is 11.0. The van der Waals surface area contributed by atoms with E-state index in [1.54, 1.807) is 66.7 Å². The van der Waals surface area contributed by atoms with Gasteiger partial charge in [0.15, 0.2) is 6.61 Å². The van der Waals surface area contributed by atoms with Gasteiger partial charge >= 0.3 is 0 Å². The van der Waals surface area contributed by atoms with E-state index in [9.17, 15) is 18.0 Å². The first-order chi connectivity index (χ1) is 18.2. The maximum atomic E-state index is 12.4. The van der Waals surface area contributed by atoms with Gasteiger partial charge in [-0.2, -0.15) is 5.10 Å². The van der Waals surface area contributed by atoms with Gasteiger partial charge in [0.25, 0.3) is 11.8 Å². The van der Waals surface area contributed by atoms with Gasteiger partial charge in [0.2, 0.25) is 10.0 Å². The van der Waals surface area contributed by atoms with Crippen LogP contribution < -0.4 is 29.3 Å². The number of ether oxygens (including phenoxy) is 3. The molecule has 0 unspecified atom stereocenters. The van der Waals surface area contributed by atoms with Crippen molar-refractivity contribution in [2.75, 3.05) is 43.2 Å². The van der Waals surface area contributed by atoms with Gasteiger partial charge in [-0.25, -0.2) is 13.8 Å². The van der Waals surface area contributed by atoms with Crippen LogP contribution in [0.15, 0.2) is 77.9 Å². The largest absolute Gasteiger partial charge is 0.497 e. The van der Waals surface area contributed by atoms with Crippen molar-refractivity contribution in [3.8, 4) is 17.2 Å². The van der Waals surface area contributed by atoms with Gasteiger partial charge in [-0.1, -0.05) is 18.2 Å². The number of hydrogen-bond acceptors (Lipinski definition) is 8. The standard InChI is InChI=1S/C26H28N4O7S/c1-35-22-8-6-7-20(15-22)30(38(3,33)34)17-25(31)29-27-16-19-11-13-21(14-12-19)37-18-26(32)28-23-9-4-5-10-24(23)36-2/h4-16H,17-18H2,1-3H3,(H,28,32)(H,29,31)/b27-16-. The molecule has 2 amide bonds. The predicted octanol–water partition coefficient (Wildman–Crippen LogP) is 2.64. The third kappa shape index (κ3) is 8.23. The van der Waals surface area contributed by atoms with E-state index in [-0.39, 0.29) is 18.2 Å². The topological polar surface area (TPSA) is 136 Å². The fourth-order valence-corrected chi connectivity index (χ4v) is 4.09. The minimum absolute atomic E-state index is 0.203. The number of sulfonamides is 1. The molecule has 3 rings (SSSR count). The highest BCUT2D eigenvalue weighted by Crippen LogP contribution is 2.24. The summed E-state index contributed by atoms with van der Waals surface area (Å²) in [6.07, 6.45) is 2.40. The lowest BCUT2D eigenvalue weighted by molar-refractivity contribution is -0.119. The Morgan fingerprint density at radius 1 is 0.921 bits per heavy atom. The van der Waals surface area contributed by atoms with Crippen molar-refractivity contribution in [3.05, 3.63) is 78.4 Å². The molecule has 0 radical (unpaired) electrons. The van der Waals surface area contributed by atoms with Crippen LogP contribution in [0.2, 0.25) is 0 Å². The van der Waals surface area contributed by atoms with E-state index in [4.69, 9.17) is 14.2 Å². The predicted molar refractivity (Wildman–Crippen MR) is 144 cm³/mol. The molecule has 0 saturated carbocycles. The van der Waals surface area contributed by atoms with Gasteiger partial charge in [-0.05, 0) is 54.1 Å². The second-order valence-electron chi connectivity index (χ2n) is 7.87.